The van der Waals surface area contributed by atoms with Gasteiger partial charge in [-0.1, -0.05) is 36.4 Å². The van der Waals surface area contributed by atoms with Crippen molar-refractivity contribution in [3.8, 4) is 5.75 Å². The number of para-hydroxylation sites is 1. The summed E-state index contributed by atoms with van der Waals surface area (Å²) in [7, 11) is 1.59. The smallest absolute Gasteiger partial charge is 0.255 e. The predicted molar refractivity (Wildman–Crippen MR) is 101 cm³/mol. The molecule has 0 spiro atoms. The zero-order valence-corrected chi connectivity index (χ0v) is 14.9. The van der Waals surface area contributed by atoms with Crippen LogP contribution in [0.3, 0.4) is 0 Å². The van der Waals surface area contributed by atoms with Crippen LogP contribution in [0.25, 0.3) is 0 Å². The number of benzene rings is 2. The fourth-order valence-corrected chi connectivity index (χ4v) is 2.55. The SMILES string of the molecule is COc1ccccc1CNC(=O)Cn1cc(NC(=O)c2ccccc2)cn1. The third-order valence-corrected chi connectivity index (χ3v) is 3.90. The van der Waals surface area contributed by atoms with Gasteiger partial charge in [0.15, 0.2) is 0 Å². The molecule has 0 aliphatic heterocycles. The molecule has 0 radical (unpaired) electrons. The van der Waals surface area contributed by atoms with Gasteiger partial charge in [-0.15, -0.1) is 0 Å². The topological polar surface area (TPSA) is 85.2 Å². The van der Waals surface area contributed by atoms with Crippen molar-refractivity contribution >= 4 is 17.5 Å². The summed E-state index contributed by atoms with van der Waals surface area (Å²) in [6, 6.07) is 16.4. The molecule has 1 heterocycles. The van der Waals surface area contributed by atoms with Crippen molar-refractivity contribution in [2.75, 3.05) is 12.4 Å². The number of hydrogen-bond acceptors (Lipinski definition) is 4. The van der Waals surface area contributed by atoms with Gasteiger partial charge in [0.1, 0.15) is 12.3 Å². The second kappa shape index (κ2) is 8.66. The molecule has 1 aromatic heterocycles. The molecule has 3 rings (SSSR count). The summed E-state index contributed by atoms with van der Waals surface area (Å²) in [5, 5.41) is 9.69. The first-order valence-electron chi connectivity index (χ1n) is 8.43. The lowest BCUT2D eigenvalue weighted by atomic mass is 10.2. The molecule has 2 aromatic carbocycles. The van der Waals surface area contributed by atoms with Gasteiger partial charge in [0.25, 0.3) is 5.91 Å². The van der Waals surface area contributed by atoms with Gasteiger partial charge in [-0.25, -0.2) is 0 Å². The van der Waals surface area contributed by atoms with E-state index < -0.39 is 0 Å². The Kier molecular flexibility index (Phi) is 5.84. The zero-order valence-electron chi connectivity index (χ0n) is 14.9. The van der Waals surface area contributed by atoms with Crippen molar-refractivity contribution < 1.29 is 14.3 Å². The van der Waals surface area contributed by atoms with Gasteiger partial charge in [-0.3, -0.25) is 14.3 Å². The average Bonchev–Trinajstić information content (AvgIpc) is 3.13. The van der Waals surface area contributed by atoms with Crippen LogP contribution in [0, 0.1) is 0 Å². The van der Waals surface area contributed by atoms with Gasteiger partial charge < -0.3 is 15.4 Å². The minimum Gasteiger partial charge on any atom is -0.496 e. The van der Waals surface area contributed by atoms with E-state index in [-0.39, 0.29) is 18.4 Å². The minimum atomic E-state index is -0.226. The summed E-state index contributed by atoms with van der Waals surface area (Å²) < 4.78 is 6.73. The van der Waals surface area contributed by atoms with E-state index in [1.807, 2.05) is 30.3 Å². The number of ether oxygens (including phenoxy) is 1. The van der Waals surface area contributed by atoms with Crippen molar-refractivity contribution in [1.29, 1.82) is 0 Å². The monoisotopic (exact) mass is 364 g/mol. The molecule has 27 heavy (non-hydrogen) atoms. The molecular weight excluding hydrogens is 344 g/mol. The summed E-state index contributed by atoms with van der Waals surface area (Å²) in [5.41, 5.74) is 1.98. The molecule has 0 saturated heterocycles. The number of nitrogens with zero attached hydrogens (tertiary/aromatic N) is 2. The van der Waals surface area contributed by atoms with Crippen LogP contribution in [0.15, 0.2) is 67.0 Å². The van der Waals surface area contributed by atoms with Crippen LogP contribution in [0.4, 0.5) is 5.69 Å². The van der Waals surface area contributed by atoms with Crippen LogP contribution in [-0.4, -0.2) is 28.7 Å². The summed E-state index contributed by atoms with van der Waals surface area (Å²) in [4.78, 5) is 24.3. The molecule has 138 valence electrons. The van der Waals surface area contributed by atoms with E-state index in [1.165, 1.54) is 10.9 Å². The molecule has 0 aliphatic carbocycles. The molecule has 2 N–H and O–H groups in total. The molecule has 7 heteroatoms. The Balaban J connectivity index is 1.53. The average molecular weight is 364 g/mol. The van der Waals surface area contributed by atoms with Gasteiger partial charge in [0.05, 0.1) is 19.0 Å². The lowest BCUT2D eigenvalue weighted by molar-refractivity contribution is -0.122. The molecule has 3 aromatic rings. The standard InChI is InChI=1S/C20H20N4O3/c1-27-18-10-6-5-9-16(18)11-21-19(25)14-24-13-17(12-22-24)23-20(26)15-7-3-2-4-8-15/h2-10,12-13H,11,14H2,1H3,(H,21,25)(H,23,26). The highest BCUT2D eigenvalue weighted by Crippen LogP contribution is 2.16. The number of aromatic nitrogens is 2. The molecule has 0 atom stereocenters. The van der Waals surface area contributed by atoms with Crippen molar-refractivity contribution in [3.63, 3.8) is 0 Å². The number of carbonyl (C=O) groups excluding carboxylic acids is 2. The molecule has 7 nitrogen and oxygen atoms in total. The Morgan fingerprint density at radius 1 is 1.07 bits per heavy atom. The Hall–Kier alpha value is -3.61. The van der Waals surface area contributed by atoms with E-state index in [4.69, 9.17) is 4.74 Å². The normalized spacial score (nSPS) is 10.3. The lowest BCUT2D eigenvalue weighted by Gasteiger charge is -2.09. The quantitative estimate of drug-likeness (QED) is 0.674. The number of amides is 2. The van der Waals surface area contributed by atoms with E-state index in [0.717, 1.165) is 11.3 Å². The summed E-state index contributed by atoms with van der Waals surface area (Å²) >= 11 is 0. The van der Waals surface area contributed by atoms with Crippen LogP contribution in [-0.2, 0) is 17.9 Å². The zero-order chi connectivity index (χ0) is 19.1. The van der Waals surface area contributed by atoms with Crippen LogP contribution in [0.2, 0.25) is 0 Å². The lowest BCUT2D eigenvalue weighted by Crippen LogP contribution is -2.27. The molecule has 0 saturated carbocycles. The highest BCUT2D eigenvalue weighted by molar-refractivity contribution is 6.04. The maximum absolute atomic E-state index is 12.1. The van der Waals surface area contributed by atoms with Gasteiger partial charge in [0, 0.05) is 23.9 Å². The van der Waals surface area contributed by atoms with Crippen molar-refractivity contribution in [2.24, 2.45) is 0 Å². The summed E-state index contributed by atoms with van der Waals surface area (Å²) in [6.07, 6.45) is 3.12. The number of methoxy groups -OCH3 is 1. The Morgan fingerprint density at radius 2 is 1.81 bits per heavy atom. The van der Waals surface area contributed by atoms with Gasteiger partial charge in [-0.2, -0.15) is 5.10 Å². The predicted octanol–water partition coefficient (Wildman–Crippen LogP) is 2.46. The van der Waals surface area contributed by atoms with E-state index >= 15 is 0 Å². The highest BCUT2D eigenvalue weighted by atomic mass is 16.5. The Morgan fingerprint density at radius 3 is 2.59 bits per heavy atom. The van der Waals surface area contributed by atoms with Crippen LogP contribution in [0.1, 0.15) is 15.9 Å². The van der Waals surface area contributed by atoms with Gasteiger partial charge in [0.2, 0.25) is 5.91 Å². The van der Waals surface area contributed by atoms with Crippen LogP contribution >= 0.6 is 0 Å². The maximum Gasteiger partial charge on any atom is 0.255 e. The van der Waals surface area contributed by atoms with Crippen LogP contribution < -0.4 is 15.4 Å². The molecule has 0 bridgehead atoms. The third-order valence-electron chi connectivity index (χ3n) is 3.90. The maximum atomic E-state index is 12.1. The number of rotatable bonds is 7. The molecule has 0 aliphatic rings. The largest absolute Gasteiger partial charge is 0.496 e. The minimum absolute atomic E-state index is 0.0519. The number of hydrogen-bond donors (Lipinski definition) is 2. The number of nitrogens with one attached hydrogen (secondary N) is 2. The number of anilines is 1. The first-order valence-corrected chi connectivity index (χ1v) is 8.43. The Bertz CT molecular complexity index is 922. The first-order chi connectivity index (χ1) is 13.2. The van der Waals surface area contributed by atoms with Gasteiger partial charge in [-0.05, 0) is 18.2 Å². The van der Waals surface area contributed by atoms with Gasteiger partial charge >= 0.3 is 0 Å². The molecule has 2 amide bonds. The fraction of sp³-hybridized carbons (Fsp3) is 0.150. The summed E-state index contributed by atoms with van der Waals surface area (Å²) in [6.45, 7) is 0.415. The van der Waals surface area contributed by atoms with E-state index in [1.54, 1.807) is 37.6 Å². The Labute approximate surface area is 157 Å². The molecular formula is C20H20N4O3. The van der Waals surface area contributed by atoms with Crippen molar-refractivity contribution in [3.05, 3.63) is 78.1 Å². The summed E-state index contributed by atoms with van der Waals surface area (Å²) in [5.74, 6) is 0.309. The van der Waals surface area contributed by atoms with Crippen LogP contribution in [0.5, 0.6) is 5.75 Å². The molecule has 0 unspecified atom stereocenters. The molecule has 0 fully saturated rings. The second-order valence-corrected chi connectivity index (χ2v) is 5.84. The van der Waals surface area contributed by atoms with E-state index in [2.05, 4.69) is 15.7 Å². The van der Waals surface area contributed by atoms with E-state index in [9.17, 15) is 9.59 Å². The van der Waals surface area contributed by atoms with Crippen molar-refractivity contribution in [1.82, 2.24) is 15.1 Å². The second-order valence-electron chi connectivity index (χ2n) is 5.84. The number of carbonyl (C=O) groups is 2. The van der Waals surface area contributed by atoms with Crippen molar-refractivity contribution in [2.45, 2.75) is 13.1 Å². The third kappa shape index (κ3) is 4.94. The van der Waals surface area contributed by atoms with E-state index in [0.29, 0.717) is 17.8 Å². The highest BCUT2D eigenvalue weighted by Gasteiger charge is 2.09. The fourth-order valence-electron chi connectivity index (χ4n) is 2.55. The first kappa shape index (κ1) is 18.2.